The van der Waals surface area contributed by atoms with Crippen LogP contribution in [-0.2, 0) is 17.8 Å². The number of rotatable bonds is 8. The molecule has 1 amide bonds. The maximum atomic E-state index is 13.3. The first kappa shape index (κ1) is 19.5. The molecule has 0 N–H and O–H groups in total. The van der Waals surface area contributed by atoms with E-state index < -0.39 is 0 Å². The van der Waals surface area contributed by atoms with Crippen LogP contribution in [0.2, 0.25) is 0 Å². The molecule has 1 saturated heterocycles. The van der Waals surface area contributed by atoms with Gasteiger partial charge in [0.25, 0.3) is 0 Å². The lowest BCUT2D eigenvalue weighted by Crippen LogP contribution is -2.44. The van der Waals surface area contributed by atoms with Crippen LogP contribution in [0, 0.1) is 11.7 Å². The van der Waals surface area contributed by atoms with Gasteiger partial charge >= 0.3 is 0 Å². The number of benzene rings is 1. The van der Waals surface area contributed by atoms with E-state index in [1.54, 1.807) is 23.0 Å². The highest BCUT2D eigenvalue weighted by molar-refractivity contribution is 5.75. The molecule has 0 bridgehead atoms. The first-order valence-corrected chi connectivity index (χ1v) is 9.86. The smallest absolute Gasteiger partial charge is 0.244 e. The van der Waals surface area contributed by atoms with Crippen molar-refractivity contribution in [3.63, 3.8) is 0 Å². The molecule has 0 unspecified atom stereocenters. The number of carbonyl (C=O) groups excluding carboxylic acids is 1. The predicted molar refractivity (Wildman–Crippen MR) is 104 cm³/mol. The van der Waals surface area contributed by atoms with E-state index in [0.717, 1.165) is 57.5 Å². The van der Waals surface area contributed by atoms with Crippen molar-refractivity contribution in [2.45, 2.75) is 32.7 Å². The minimum Gasteiger partial charge on any atom is -0.341 e. The Hall–Kier alpha value is -2.21. The van der Waals surface area contributed by atoms with Crippen LogP contribution in [0.4, 0.5) is 4.39 Å². The van der Waals surface area contributed by atoms with Crippen molar-refractivity contribution in [2.24, 2.45) is 5.92 Å². The highest BCUT2D eigenvalue weighted by atomic mass is 19.1. The number of aromatic nitrogens is 2. The van der Waals surface area contributed by atoms with Crippen molar-refractivity contribution in [3.05, 3.63) is 54.1 Å². The van der Waals surface area contributed by atoms with Crippen molar-refractivity contribution in [2.75, 3.05) is 32.7 Å². The Bertz CT molecular complexity index is 719. The van der Waals surface area contributed by atoms with Crippen LogP contribution in [-0.4, -0.2) is 58.2 Å². The summed E-state index contributed by atoms with van der Waals surface area (Å²) in [6.07, 6.45) is 6.68. The van der Waals surface area contributed by atoms with Gasteiger partial charge in [-0.15, -0.1) is 0 Å². The molecule has 1 atom stereocenters. The van der Waals surface area contributed by atoms with E-state index in [2.05, 4.69) is 10.00 Å². The largest absolute Gasteiger partial charge is 0.341 e. The topological polar surface area (TPSA) is 41.4 Å². The number of halogens is 1. The van der Waals surface area contributed by atoms with Crippen LogP contribution >= 0.6 is 0 Å². The zero-order chi connectivity index (χ0) is 19.1. The van der Waals surface area contributed by atoms with Gasteiger partial charge in [0.15, 0.2) is 0 Å². The Morgan fingerprint density at radius 3 is 3.00 bits per heavy atom. The van der Waals surface area contributed by atoms with Crippen LogP contribution in [0.25, 0.3) is 0 Å². The molecule has 6 heteroatoms. The maximum Gasteiger partial charge on any atom is 0.244 e. The molecule has 5 nitrogen and oxygen atoms in total. The summed E-state index contributed by atoms with van der Waals surface area (Å²) < 4.78 is 15.0. The van der Waals surface area contributed by atoms with E-state index in [-0.39, 0.29) is 11.7 Å². The first-order valence-electron chi connectivity index (χ1n) is 9.86. The third-order valence-corrected chi connectivity index (χ3v) is 5.28. The fourth-order valence-electron chi connectivity index (χ4n) is 3.83. The lowest BCUT2D eigenvalue weighted by molar-refractivity contribution is -0.132. The number of amides is 1. The van der Waals surface area contributed by atoms with Gasteiger partial charge < -0.3 is 9.80 Å². The van der Waals surface area contributed by atoms with Gasteiger partial charge in [-0.3, -0.25) is 9.48 Å². The van der Waals surface area contributed by atoms with Crippen molar-refractivity contribution in [3.8, 4) is 0 Å². The van der Waals surface area contributed by atoms with Gasteiger partial charge in [0.2, 0.25) is 5.91 Å². The second-order valence-electron chi connectivity index (χ2n) is 7.32. The van der Waals surface area contributed by atoms with Crippen LogP contribution in [0.15, 0.2) is 42.7 Å². The Morgan fingerprint density at radius 1 is 1.37 bits per heavy atom. The second kappa shape index (κ2) is 9.65. The van der Waals surface area contributed by atoms with Gasteiger partial charge in [-0.05, 0) is 62.4 Å². The Labute approximate surface area is 160 Å². The molecule has 0 radical (unpaired) electrons. The number of likely N-dealkylation sites (tertiary alicyclic amines) is 1. The molecule has 0 aliphatic carbocycles. The third kappa shape index (κ3) is 5.89. The number of carbonyl (C=O) groups is 1. The quantitative estimate of drug-likeness (QED) is 0.716. The molecule has 1 fully saturated rings. The minimum absolute atomic E-state index is 0.123. The number of hydrogen-bond acceptors (Lipinski definition) is 3. The van der Waals surface area contributed by atoms with Crippen LogP contribution in [0.3, 0.4) is 0 Å². The average Bonchev–Trinajstić information content (AvgIpc) is 3.18. The lowest BCUT2D eigenvalue weighted by atomic mass is 9.97. The van der Waals surface area contributed by atoms with Gasteiger partial charge in [-0.1, -0.05) is 12.1 Å². The molecule has 1 aromatic heterocycles. The monoisotopic (exact) mass is 372 g/mol. The van der Waals surface area contributed by atoms with Crippen molar-refractivity contribution in [1.82, 2.24) is 19.6 Å². The molecule has 1 aromatic carbocycles. The van der Waals surface area contributed by atoms with E-state index in [0.29, 0.717) is 12.5 Å². The van der Waals surface area contributed by atoms with Gasteiger partial charge in [0, 0.05) is 38.6 Å². The fourth-order valence-corrected chi connectivity index (χ4v) is 3.83. The summed E-state index contributed by atoms with van der Waals surface area (Å²) in [4.78, 5) is 17.0. The standard InChI is InChI=1S/C21H29FN4O/c1-2-25(21(27)17-26-12-5-10-23-26)16-19-7-4-11-24(15-19)13-9-18-6-3-8-20(22)14-18/h3,5-6,8,10,12,14,19H,2,4,7,9,11,13,15-17H2,1H3/t19-/m1/s1. The van der Waals surface area contributed by atoms with Gasteiger partial charge in [-0.25, -0.2) is 4.39 Å². The highest BCUT2D eigenvalue weighted by Crippen LogP contribution is 2.18. The first-order chi connectivity index (χ1) is 13.1. The summed E-state index contributed by atoms with van der Waals surface area (Å²) >= 11 is 0. The molecule has 27 heavy (non-hydrogen) atoms. The molecule has 1 aliphatic rings. The van der Waals surface area contributed by atoms with Gasteiger partial charge in [-0.2, -0.15) is 5.10 Å². The maximum absolute atomic E-state index is 13.3. The van der Waals surface area contributed by atoms with Gasteiger partial charge in [0.1, 0.15) is 12.4 Å². The zero-order valence-electron chi connectivity index (χ0n) is 16.1. The van der Waals surface area contributed by atoms with Crippen molar-refractivity contribution in [1.29, 1.82) is 0 Å². The molecular formula is C21H29FN4O. The highest BCUT2D eigenvalue weighted by Gasteiger charge is 2.23. The molecule has 0 spiro atoms. The van der Waals surface area contributed by atoms with Crippen LogP contribution in [0.5, 0.6) is 0 Å². The van der Waals surface area contributed by atoms with E-state index in [1.165, 1.54) is 6.07 Å². The summed E-state index contributed by atoms with van der Waals surface area (Å²) in [5.41, 5.74) is 1.04. The fraction of sp³-hybridized carbons (Fsp3) is 0.524. The number of nitrogens with zero attached hydrogens (tertiary/aromatic N) is 4. The van der Waals surface area contributed by atoms with Gasteiger partial charge in [0.05, 0.1) is 0 Å². The minimum atomic E-state index is -0.168. The zero-order valence-corrected chi connectivity index (χ0v) is 16.1. The molecule has 146 valence electrons. The molecule has 2 heterocycles. The Kier molecular flexibility index (Phi) is 6.98. The molecule has 3 rings (SSSR count). The third-order valence-electron chi connectivity index (χ3n) is 5.28. The molecule has 1 aliphatic heterocycles. The summed E-state index contributed by atoms with van der Waals surface area (Å²) in [7, 11) is 0. The van der Waals surface area contributed by atoms with E-state index in [1.807, 2.05) is 30.2 Å². The van der Waals surface area contributed by atoms with Crippen molar-refractivity contribution < 1.29 is 9.18 Å². The average molecular weight is 372 g/mol. The van der Waals surface area contributed by atoms with Crippen LogP contribution in [0.1, 0.15) is 25.3 Å². The predicted octanol–water partition coefficient (Wildman–Crippen LogP) is 2.83. The molecular weight excluding hydrogens is 343 g/mol. The SMILES string of the molecule is CCN(C[C@@H]1CCCN(CCc2cccc(F)c2)C1)C(=O)Cn1cccn1. The lowest BCUT2D eigenvalue weighted by Gasteiger charge is -2.35. The summed E-state index contributed by atoms with van der Waals surface area (Å²) in [5.74, 6) is 0.448. The van der Waals surface area contributed by atoms with Crippen LogP contribution < -0.4 is 0 Å². The Balaban J connectivity index is 1.48. The summed E-state index contributed by atoms with van der Waals surface area (Å²) in [6, 6.07) is 8.70. The second-order valence-corrected chi connectivity index (χ2v) is 7.32. The Morgan fingerprint density at radius 2 is 2.26 bits per heavy atom. The molecule has 2 aromatic rings. The number of hydrogen-bond donors (Lipinski definition) is 0. The number of likely N-dealkylation sites (N-methyl/N-ethyl adjacent to an activating group) is 1. The van der Waals surface area contributed by atoms with E-state index in [4.69, 9.17) is 0 Å². The summed E-state index contributed by atoms with van der Waals surface area (Å²) in [6.45, 7) is 6.88. The van der Waals surface area contributed by atoms with E-state index in [9.17, 15) is 9.18 Å². The normalized spacial score (nSPS) is 17.8. The summed E-state index contributed by atoms with van der Waals surface area (Å²) in [5, 5.41) is 4.13. The van der Waals surface area contributed by atoms with Crippen molar-refractivity contribution >= 4 is 5.91 Å². The number of piperidine rings is 1. The molecule has 0 saturated carbocycles. The van der Waals surface area contributed by atoms with E-state index >= 15 is 0 Å².